The summed E-state index contributed by atoms with van der Waals surface area (Å²) in [6.45, 7) is 7.38. The van der Waals surface area contributed by atoms with E-state index in [0.717, 1.165) is 48.8 Å². The van der Waals surface area contributed by atoms with Crippen LogP contribution >= 0.6 is 0 Å². The summed E-state index contributed by atoms with van der Waals surface area (Å²) in [5, 5.41) is 12.4. The number of piperidine rings is 2. The molecule has 43 heavy (non-hydrogen) atoms. The van der Waals surface area contributed by atoms with Gasteiger partial charge >= 0.3 is 12.1 Å². The van der Waals surface area contributed by atoms with Crippen molar-refractivity contribution in [3.63, 3.8) is 0 Å². The van der Waals surface area contributed by atoms with Crippen molar-refractivity contribution in [1.82, 2.24) is 19.4 Å². The molecule has 4 aliphatic heterocycles. The van der Waals surface area contributed by atoms with Gasteiger partial charge in [-0.15, -0.1) is 0 Å². The van der Waals surface area contributed by atoms with Crippen LogP contribution in [0.2, 0.25) is 0 Å². The number of likely N-dealkylation sites (tertiary alicyclic amines) is 2. The summed E-state index contributed by atoms with van der Waals surface area (Å²) in [5.41, 5.74) is 0.431. The van der Waals surface area contributed by atoms with Gasteiger partial charge in [0.1, 0.15) is 5.56 Å². The third kappa shape index (κ3) is 4.37. The topological polar surface area (TPSA) is 114 Å². The van der Waals surface area contributed by atoms with Crippen molar-refractivity contribution in [1.29, 1.82) is 0 Å². The minimum atomic E-state index is -2.05. The molecule has 0 bridgehead atoms. The fourth-order valence-electron chi connectivity index (χ4n) is 7.57. The molecule has 226 valence electrons. The maximum Gasteiger partial charge on any atom is 0.413 e. The molecular formula is C33H38N4O6. The fraction of sp³-hybridized carbons (Fsp3) is 0.515. The molecule has 1 amide bonds. The number of pyridine rings is 2. The van der Waals surface area contributed by atoms with Gasteiger partial charge in [-0.2, -0.15) is 0 Å². The lowest BCUT2D eigenvalue weighted by Crippen LogP contribution is -2.57. The molecular weight excluding hydrogens is 548 g/mol. The second-order valence-corrected chi connectivity index (χ2v) is 12.4. The maximum atomic E-state index is 14.1. The Balaban J connectivity index is 1.19. The lowest BCUT2D eigenvalue weighted by Gasteiger charge is -2.50. The molecule has 0 saturated carbocycles. The Labute approximate surface area is 250 Å². The Morgan fingerprint density at radius 1 is 1.05 bits per heavy atom. The molecule has 7 rings (SSSR count). The number of aromatic nitrogens is 2. The van der Waals surface area contributed by atoms with Crippen molar-refractivity contribution in [2.24, 2.45) is 0 Å². The monoisotopic (exact) mass is 586 g/mol. The normalized spacial score (nSPS) is 24.7. The van der Waals surface area contributed by atoms with Gasteiger partial charge < -0.3 is 24.0 Å². The highest BCUT2D eigenvalue weighted by Crippen LogP contribution is 2.43. The molecule has 2 saturated heterocycles. The van der Waals surface area contributed by atoms with E-state index in [1.165, 1.54) is 19.3 Å². The lowest BCUT2D eigenvalue weighted by atomic mass is 9.82. The summed E-state index contributed by atoms with van der Waals surface area (Å²) in [4.78, 5) is 49.8. The van der Waals surface area contributed by atoms with Crippen molar-refractivity contribution in [3.05, 3.63) is 63.4 Å². The molecule has 1 aromatic carbocycles. The number of rotatable bonds is 4. The molecule has 1 N–H and O–H groups in total. The number of aliphatic hydroxyl groups is 1. The van der Waals surface area contributed by atoms with Gasteiger partial charge in [0, 0.05) is 35.1 Å². The summed E-state index contributed by atoms with van der Waals surface area (Å²) in [7, 11) is 0. The van der Waals surface area contributed by atoms with Crippen molar-refractivity contribution >= 4 is 23.0 Å². The van der Waals surface area contributed by atoms with Gasteiger partial charge in [0.05, 0.1) is 23.4 Å². The van der Waals surface area contributed by atoms with Crippen LogP contribution in [0.1, 0.15) is 81.8 Å². The van der Waals surface area contributed by atoms with Crippen LogP contribution in [-0.2, 0) is 26.4 Å². The molecule has 3 aromatic rings. The van der Waals surface area contributed by atoms with Crippen molar-refractivity contribution in [3.8, 4) is 11.4 Å². The second kappa shape index (κ2) is 10.4. The minimum absolute atomic E-state index is 0.0118. The summed E-state index contributed by atoms with van der Waals surface area (Å²) >= 11 is 0. The second-order valence-electron chi connectivity index (χ2n) is 12.4. The SMILES string of the molecule is CCC1(N2CCCCC2)CCN(C(=O)OC2OC(=O)[C@](O)(CC)c3cc4n(c(=O)c32)Cc2cc3ccccc3nc2-4)CC1. The number of benzene rings is 1. The molecule has 2 fully saturated rings. The lowest BCUT2D eigenvalue weighted by molar-refractivity contribution is -0.201. The van der Waals surface area contributed by atoms with Crippen LogP contribution in [-0.4, -0.2) is 68.2 Å². The van der Waals surface area contributed by atoms with Crippen LogP contribution in [0, 0.1) is 0 Å². The standard InChI is InChI=1S/C33H38N4O6/c1-3-32(36-14-8-5-9-15-36)12-16-35(17-13-32)31(40)43-29-26-23(33(41,4-2)30(39)42-29)19-25-27-22(20-37(25)28(26)38)18-21-10-6-7-11-24(21)34-27/h6-7,10-11,18-19,29,41H,3-5,8-9,12-17,20H2,1-2H3/t29?,33-/m0/s1. The highest BCUT2D eigenvalue weighted by Gasteiger charge is 2.51. The van der Waals surface area contributed by atoms with Crippen LogP contribution in [0.4, 0.5) is 4.79 Å². The van der Waals surface area contributed by atoms with Crippen molar-refractivity contribution in [2.75, 3.05) is 26.2 Å². The highest BCUT2D eigenvalue weighted by molar-refractivity contribution is 5.86. The molecule has 0 radical (unpaired) electrons. The first kappa shape index (κ1) is 28.0. The average Bonchev–Trinajstić information content (AvgIpc) is 3.40. The van der Waals surface area contributed by atoms with Crippen LogP contribution in [0.25, 0.3) is 22.3 Å². The number of ether oxygens (including phenoxy) is 2. The van der Waals surface area contributed by atoms with E-state index in [-0.39, 0.29) is 29.6 Å². The molecule has 2 atom stereocenters. The van der Waals surface area contributed by atoms with E-state index in [4.69, 9.17) is 14.5 Å². The van der Waals surface area contributed by atoms with Gasteiger partial charge in [-0.3, -0.25) is 9.69 Å². The number of carbonyl (C=O) groups excluding carboxylic acids is 2. The minimum Gasteiger partial charge on any atom is -0.418 e. The number of hydrogen-bond acceptors (Lipinski definition) is 8. The van der Waals surface area contributed by atoms with Crippen LogP contribution in [0.3, 0.4) is 0 Å². The summed E-state index contributed by atoms with van der Waals surface area (Å²) in [5.74, 6) is -0.942. The van der Waals surface area contributed by atoms with Gasteiger partial charge in [0.15, 0.2) is 5.60 Å². The molecule has 0 spiro atoms. The quantitative estimate of drug-likeness (QED) is 0.349. The zero-order chi connectivity index (χ0) is 29.9. The first-order chi connectivity index (χ1) is 20.8. The van der Waals surface area contributed by atoms with E-state index in [1.54, 1.807) is 22.5 Å². The number of hydrogen-bond donors (Lipinski definition) is 1. The molecule has 10 nitrogen and oxygen atoms in total. The van der Waals surface area contributed by atoms with Crippen LogP contribution in [0.15, 0.2) is 41.2 Å². The average molecular weight is 587 g/mol. The first-order valence-corrected chi connectivity index (χ1v) is 15.6. The summed E-state index contributed by atoms with van der Waals surface area (Å²) in [6.07, 6.45) is 4.19. The largest absolute Gasteiger partial charge is 0.418 e. The van der Waals surface area contributed by atoms with E-state index < -0.39 is 29.5 Å². The molecule has 6 heterocycles. The number of nitrogens with zero attached hydrogens (tertiary/aromatic N) is 4. The molecule has 1 unspecified atom stereocenters. The van der Waals surface area contributed by atoms with Gasteiger partial charge in [-0.05, 0) is 69.8 Å². The zero-order valence-electron chi connectivity index (χ0n) is 24.8. The van der Waals surface area contributed by atoms with Crippen LogP contribution in [0.5, 0.6) is 0 Å². The number of para-hydroxylation sites is 1. The zero-order valence-corrected chi connectivity index (χ0v) is 24.8. The van der Waals surface area contributed by atoms with E-state index in [9.17, 15) is 19.5 Å². The molecule has 0 aliphatic carbocycles. The third-order valence-electron chi connectivity index (χ3n) is 10.3. The van der Waals surface area contributed by atoms with Gasteiger partial charge in [-0.25, -0.2) is 14.6 Å². The Morgan fingerprint density at radius 2 is 1.79 bits per heavy atom. The molecule has 10 heteroatoms. The van der Waals surface area contributed by atoms with Gasteiger partial charge in [0.2, 0.25) is 0 Å². The smallest absolute Gasteiger partial charge is 0.413 e. The van der Waals surface area contributed by atoms with Gasteiger partial charge in [0.25, 0.3) is 11.8 Å². The van der Waals surface area contributed by atoms with E-state index >= 15 is 0 Å². The predicted molar refractivity (Wildman–Crippen MR) is 159 cm³/mol. The maximum absolute atomic E-state index is 14.1. The Morgan fingerprint density at radius 3 is 2.51 bits per heavy atom. The highest BCUT2D eigenvalue weighted by atomic mass is 16.7. The van der Waals surface area contributed by atoms with E-state index in [2.05, 4.69) is 11.8 Å². The predicted octanol–water partition coefficient (Wildman–Crippen LogP) is 4.45. The Bertz CT molecular complexity index is 1670. The van der Waals surface area contributed by atoms with E-state index in [0.29, 0.717) is 24.5 Å². The summed E-state index contributed by atoms with van der Waals surface area (Å²) in [6, 6.07) is 11.4. The fourth-order valence-corrected chi connectivity index (χ4v) is 7.57. The Kier molecular flexibility index (Phi) is 6.81. The van der Waals surface area contributed by atoms with Gasteiger partial charge in [-0.1, -0.05) is 38.5 Å². The Hall–Kier alpha value is -3.76. The number of esters is 1. The number of fused-ring (bicyclic) bond motifs is 5. The number of carbonyl (C=O) groups is 2. The third-order valence-corrected chi connectivity index (χ3v) is 10.3. The number of cyclic esters (lactones) is 1. The van der Waals surface area contributed by atoms with E-state index in [1.807, 2.05) is 30.3 Å². The first-order valence-electron chi connectivity index (χ1n) is 15.6. The van der Waals surface area contributed by atoms with Crippen molar-refractivity contribution in [2.45, 2.75) is 82.8 Å². The molecule has 4 aliphatic rings. The number of amides is 1. The summed E-state index contributed by atoms with van der Waals surface area (Å²) < 4.78 is 12.9. The van der Waals surface area contributed by atoms with Crippen LogP contribution < -0.4 is 5.56 Å². The van der Waals surface area contributed by atoms with Crippen molar-refractivity contribution < 1.29 is 24.2 Å². The molecule has 2 aromatic heterocycles.